The highest BCUT2D eigenvalue weighted by Gasteiger charge is 2.10. The van der Waals surface area contributed by atoms with Crippen molar-refractivity contribution in [3.05, 3.63) is 89.7 Å². The topological polar surface area (TPSA) is 56.2 Å². The molecule has 0 bridgehead atoms. The molecule has 0 aliphatic rings. The lowest BCUT2D eigenvalue weighted by Gasteiger charge is -2.08. The van der Waals surface area contributed by atoms with Crippen molar-refractivity contribution in [3.8, 4) is 11.4 Å². The highest BCUT2D eigenvalue weighted by atomic mass is 16.5. The zero-order chi connectivity index (χ0) is 20.2. The van der Waals surface area contributed by atoms with Gasteiger partial charge in [0.2, 0.25) is 0 Å². The molecule has 1 aromatic heterocycles. The first kappa shape index (κ1) is 18.7. The predicted molar refractivity (Wildman–Crippen MR) is 115 cm³/mol. The minimum absolute atomic E-state index is 0.128. The molecule has 1 N–H and O–H groups in total. The first-order valence-electron chi connectivity index (χ1n) is 9.65. The van der Waals surface area contributed by atoms with Crippen molar-refractivity contribution in [3.63, 3.8) is 0 Å². The fourth-order valence-electron chi connectivity index (χ4n) is 3.35. The average Bonchev–Trinajstić information content (AvgIpc) is 3.21. The van der Waals surface area contributed by atoms with Crippen LogP contribution in [-0.4, -0.2) is 22.6 Å². The lowest BCUT2D eigenvalue weighted by atomic mass is 10.1. The maximum absolute atomic E-state index is 12.6. The summed E-state index contributed by atoms with van der Waals surface area (Å²) >= 11 is 0. The second kappa shape index (κ2) is 8.19. The molecule has 0 saturated carbocycles. The first-order valence-corrected chi connectivity index (χ1v) is 9.65. The van der Waals surface area contributed by atoms with Crippen molar-refractivity contribution in [1.29, 1.82) is 0 Å². The van der Waals surface area contributed by atoms with Crippen LogP contribution in [0.4, 0.5) is 0 Å². The summed E-state index contributed by atoms with van der Waals surface area (Å²) < 4.78 is 7.27. The third-order valence-corrected chi connectivity index (χ3v) is 4.99. The monoisotopic (exact) mass is 385 g/mol. The quantitative estimate of drug-likeness (QED) is 0.531. The number of benzene rings is 3. The normalized spacial score (nSPS) is 10.8. The Hall–Kier alpha value is -3.60. The van der Waals surface area contributed by atoms with Gasteiger partial charge in [-0.2, -0.15) is 0 Å². The van der Waals surface area contributed by atoms with Crippen LogP contribution < -0.4 is 10.1 Å². The van der Waals surface area contributed by atoms with Crippen LogP contribution in [0.25, 0.3) is 16.7 Å². The van der Waals surface area contributed by atoms with E-state index in [1.165, 1.54) is 5.56 Å². The standard InChI is InChI=1S/C24H23N3O2/c1-3-17-6-4-8-20(12-17)27-16-26-22-14-19(10-11-23(22)27)24(28)25-15-18-7-5-9-21(13-18)29-2/h4-14,16H,3,15H2,1-2H3,(H,25,28). The number of fused-ring (bicyclic) bond motifs is 1. The number of hydrogen-bond donors (Lipinski definition) is 1. The number of aromatic nitrogens is 2. The maximum atomic E-state index is 12.6. The number of hydrogen-bond acceptors (Lipinski definition) is 3. The highest BCUT2D eigenvalue weighted by molar-refractivity contribution is 5.97. The van der Waals surface area contributed by atoms with Gasteiger partial charge in [-0.3, -0.25) is 9.36 Å². The van der Waals surface area contributed by atoms with E-state index in [0.29, 0.717) is 12.1 Å². The number of aryl methyl sites for hydroxylation is 1. The number of methoxy groups -OCH3 is 1. The molecule has 5 nitrogen and oxygen atoms in total. The van der Waals surface area contributed by atoms with E-state index in [1.54, 1.807) is 13.4 Å². The Morgan fingerprint density at radius 2 is 1.86 bits per heavy atom. The number of carbonyl (C=O) groups is 1. The fourth-order valence-corrected chi connectivity index (χ4v) is 3.35. The molecular formula is C24H23N3O2. The molecule has 0 unspecified atom stereocenters. The first-order chi connectivity index (χ1) is 14.2. The van der Waals surface area contributed by atoms with E-state index >= 15 is 0 Å². The summed E-state index contributed by atoms with van der Waals surface area (Å²) in [5.74, 6) is 0.646. The molecule has 0 fully saturated rings. The van der Waals surface area contributed by atoms with Crippen LogP contribution in [0.3, 0.4) is 0 Å². The molecule has 0 aliphatic heterocycles. The lowest BCUT2D eigenvalue weighted by Crippen LogP contribution is -2.22. The molecule has 146 valence electrons. The zero-order valence-electron chi connectivity index (χ0n) is 16.6. The van der Waals surface area contributed by atoms with Crippen LogP contribution >= 0.6 is 0 Å². The van der Waals surface area contributed by atoms with Gasteiger partial charge in [0, 0.05) is 17.8 Å². The summed E-state index contributed by atoms with van der Waals surface area (Å²) in [7, 11) is 1.63. The Morgan fingerprint density at radius 1 is 1.03 bits per heavy atom. The molecule has 0 spiro atoms. The minimum atomic E-state index is -0.128. The van der Waals surface area contributed by atoms with Gasteiger partial charge in [0.25, 0.3) is 5.91 Å². The molecule has 4 rings (SSSR count). The van der Waals surface area contributed by atoms with E-state index in [4.69, 9.17) is 4.74 Å². The van der Waals surface area contributed by atoms with Crippen LogP contribution in [0.1, 0.15) is 28.4 Å². The van der Waals surface area contributed by atoms with Crippen molar-refractivity contribution < 1.29 is 9.53 Å². The average molecular weight is 385 g/mol. The number of imidazole rings is 1. The van der Waals surface area contributed by atoms with Crippen molar-refractivity contribution >= 4 is 16.9 Å². The summed E-state index contributed by atoms with van der Waals surface area (Å²) in [6, 6.07) is 21.7. The van der Waals surface area contributed by atoms with E-state index in [2.05, 4.69) is 41.5 Å². The van der Waals surface area contributed by atoms with E-state index in [-0.39, 0.29) is 5.91 Å². The van der Waals surface area contributed by atoms with Crippen molar-refractivity contribution in [2.75, 3.05) is 7.11 Å². The molecule has 3 aromatic carbocycles. The van der Waals surface area contributed by atoms with Gasteiger partial charge in [-0.1, -0.05) is 31.2 Å². The van der Waals surface area contributed by atoms with Crippen LogP contribution in [0.5, 0.6) is 5.75 Å². The number of ether oxygens (including phenoxy) is 1. The zero-order valence-corrected chi connectivity index (χ0v) is 16.6. The highest BCUT2D eigenvalue weighted by Crippen LogP contribution is 2.21. The lowest BCUT2D eigenvalue weighted by molar-refractivity contribution is 0.0951. The van der Waals surface area contributed by atoms with Gasteiger partial charge in [-0.05, 0) is 60.0 Å². The van der Waals surface area contributed by atoms with Gasteiger partial charge in [-0.15, -0.1) is 0 Å². The molecule has 1 amide bonds. The second-order valence-electron chi connectivity index (χ2n) is 6.88. The molecular weight excluding hydrogens is 362 g/mol. The molecule has 0 radical (unpaired) electrons. The third kappa shape index (κ3) is 3.99. The summed E-state index contributed by atoms with van der Waals surface area (Å²) in [6.07, 6.45) is 2.79. The fraction of sp³-hybridized carbons (Fsp3) is 0.167. The van der Waals surface area contributed by atoms with E-state index in [0.717, 1.165) is 34.5 Å². The predicted octanol–water partition coefficient (Wildman–Crippen LogP) is 4.53. The summed E-state index contributed by atoms with van der Waals surface area (Å²) in [6.45, 7) is 2.58. The number of nitrogens with zero attached hydrogens (tertiary/aromatic N) is 2. The summed E-state index contributed by atoms with van der Waals surface area (Å²) in [5.41, 5.74) is 5.69. The minimum Gasteiger partial charge on any atom is -0.497 e. The molecule has 1 heterocycles. The van der Waals surface area contributed by atoms with Crippen LogP contribution in [0, 0.1) is 0 Å². The van der Waals surface area contributed by atoms with Crippen molar-refractivity contribution in [2.45, 2.75) is 19.9 Å². The summed E-state index contributed by atoms with van der Waals surface area (Å²) in [4.78, 5) is 17.1. The van der Waals surface area contributed by atoms with Gasteiger partial charge in [0.15, 0.2) is 0 Å². The van der Waals surface area contributed by atoms with Crippen LogP contribution in [0.15, 0.2) is 73.1 Å². The Labute approximate surface area is 170 Å². The largest absolute Gasteiger partial charge is 0.497 e. The Bertz CT molecular complexity index is 1160. The van der Waals surface area contributed by atoms with E-state index in [1.807, 2.05) is 47.0 Å². The smallest absolute Gasteiger partial charge is 0.251 e. The van der Waals surface area contributed by atoms with Gasteiger partial charge in [0.1, 0.15) is 12.1 Å². The van der Waals surface area contributed by atoms with Crippen molar-refractivity contribution in [2.24, 2.45) is 0 Å². The van der Waals surface area contributed by atoms with Crippen LogP contribution in [-0.2, 0) is 13.0 Å². The van der Waals surface area contributed by atoms with Gasteiger partial charge < -0.3 is 10.1 Å². The molecule has 29 heavy (non-hydrogen) atoms. The Morgan fingerprint density at radius 3 is 2.69 bits per heavy atom. The van der Waals surface area contributed by atoms with Gasteiger partial charge in [0.05, 0.1) is 18.1 Å². The number of rotatable bonds is 6. The molecule has 0 atom stereocenters. The molecule has 5 heteroatoms. The number of amides is 1. The third-order valence-electron chi connectivity index (χ3n) is 4.99. The number of carbonyl (C=O) groups excluding carboxylic acids is 1. The molecule has 0 saturated heterocycles. The maximum Gasteiger partial charge on any atom is 0.251 e. The Kier molecular flexibility index (Phi) is 5.29. The molecule has 4 aromatic rings. The number of nitrogens with one attached hydrogen (secondary N) is 1. The van der Waals surface area contributed by atoms with Gasteiger partial charge >= 0.3 is 0 Å². The van der Waals surface area contributed by atoms with E-state index in [9.17, 15) is 4.79 Å². The van der Waals surface area contributed by atoms with Gasteiger partial charge in [-0.25, -0.2) is 4.98 Å². The van der Waals surface area contributed by atoms with Crippen molar-refractivity contribution in [1.82, 2.24) is 14.9 Å². The van der Waals surface area contributed by atoms with Crippen LogP contribution in [0.2, 0.25) is 0 Å². The van der Waals surface area contributed by atoms with E-state index < -0.39 is 0 Å². The Balaban J connectivity index is 1.53. The molecule has 0 aliphatic carbocycles. The second-order valence-corrected chi connectivity index (χ2v) is 6.88. The summed E-state index contributed by atoms with van der Waals surface area (Å²) in [5, 5.41) is 2.96. The SMILES string of the molecule is CCc1cccc(-n2cnc3cc(C(=O)NCc4cccc(OC)c4)ccc32)c1.